The molecule has 0 aliphatic heterocycles. The summed E-state index contributed by atoms with van der Waals surface area (Å²) >= 11 is 0. The van der Waals surface area contributed by atoms with Crippen LogP contribution in [0.5, 0.6) is 0 Å². The summed E-state index contributed by atoms with van der Waals surface area (Å²) in [6.07, 6.45) is 3.69. The highest BCUT2D eigenvalue weighted by molar-refractivity contribution is 5.86. The van der Waals surface area contributed by atoms with E-state index in [4.69, 9.17) is 0 Å². The maximum Gasteiger partial charge on any atom is 0.358 e. The largest absolute Gasteiger partial charge is 0.464 e. The first kappa shape index (κ1) is 15.7. The Morgan fingerprint density at radius 2 is 1.96 bits per heavy atom. The van der Waals surface area contributed by atoms with Crippen molar-refractivity contribution < 1.29 is 9.53 Å². The molecule has 24 heavy (non-hydrogen) atoms. The summed E-state index contributed by atoms with van der Waals surface area (Å²) in [6.45, 7) is 1.31. The molecule has 0 aliphatic carbocycles. The molecule has 1 aromatic carbocycles. The second kappa shape index (κ2) is 7.36. The number of methoxy groups -OCH3 is 1. The number of carbonyl (C=O) groups excluding carboxylic acids is 1. The molecule has 122 valence electrons. The van der Waals surface area contributed by atoms with Gasteiger partial charge in [-0.1, -0.05) is 24.3 Å². The Labute approximate surface area is 139 Å². The third-order valence-electron chi connectivity index (χ3n) is 3.53. The number of carbonyl (C=O) groups is 1. The van der Waals surface area contributed by atoms with Gasteiger partial charge in [-0.15, -0.1) is 10.2 Å². The Hall–Kier alpha value is -3.22. The molecule has 7 nitrogen and oxygen atoms in total. The van der Waals surface area contributed by atoms with Crippen LogP contribution in [0.4, 0.5) is 5.82 Å². The number of esters is 1. The molecule has 2 heterocycles. The lowest BCUT2D eigenvalue weighted by Gasteiger charge is -2.11. The topological polar surface area (TPSA) is 81.9 Å². The molecule has 0 unspecified atom stereocenters. The first-order valence-corrected chi connectivity index (χ1v) is 7.46. The Balaban J connectivity index is 1.67. The fraction of sp³-hybridized carbons (Fsp3) is 0.176. The van der Waals surface area contributed by atoms with E-state index in [-0.39, 0.29) is 5.69 Å². The summed E-state index contributed by atoms with van der Waals surface area (Å²) in [5.41, 5.74) is 2.50. The Morgan fingerprint density at radius 1 is 1.12 bits per heavy atom. The molecule has 7 heteroatoms. The van der Waals surface area contributed by atoms with E-state index in [1.807, 2.05) is 29.1 Å². The van der Waals surface area contributed by atoms with Crippen LogP contribution in [0, 0.1) is 0 Å². The van der Waals surface area contributed by atoms with Crippen molar-refractivity contribution in [1.82, 2.24) is 20.0 Å². The summed E-state index contributed by atoms with van der Waals surface area (Å²) in [6, 6.07) is 13.3. The highest BCUT2D eigenvalue weighted by Gasteiger charge is 2.08. The SMILES string of the molecule is COC(=O)c1ccc(NCc2ccccc2Cn2cccn2)nn1. The molecule has 2 aromatic heterocycles. The third-order valence-corrected chi connectivity index (χ3v) is 3.53. The van der Waals surface area contributed by atoms with Gasteiger partial charge in [0.05, 0.1) is 13.7 Å². The zero-order valence-corrected chi connectivity index (χ0v) is 13.2. The first-order valence-electron chi connectivity index (χ1n) is 7.46. The molecule has 3 rings (SSSR count). The molecule has 0 bridgehead atoms. The molecule has 0 radical (unpaired) electrons. The van der Waals surface area contributed by atoms with E-state index in [0.29, 0.717) is 18.9 Å². The van der Waals surface area contributed by atoms with E-state index >= 15 is 0 Å². The number of ether oxygens (including phenoxy) is 1. The molecule has 1 N–H and O–H groups in total. The van der Waals surface area contributed by atoms with Crippen molar-refractivity contribution in [2.45, 2.75) is 13.1 Å². The molecule has 0 spiro atoms. The van der Waals surface area contributed by atoms with Crippen LogP contribution >= 0.6 is 0 Å². The summed E-state index contributed by atoms with van der Waals surface area (Å²) in [4.78, 5) is 11.3. The van der Waals surface area contributed by atoms with Gasteiger partial charge in [-0.25, -0.2) is 4.79 Å². The third kappa shape index (κ3) is 3.75. The minimum Gasteiger partial charge on any atom is -0.464 e. The second-order valence-electron chi connectivity index (χ2n) is 5.12. The van der Waals surface area contributed by atoms with Gasteiger partial charge < -0.3 is 10.1 Å². The van der Waals surface area contributed by atoms with Gasteiger partial charge in [0.25, 0.3) is 0 Å². The van der Waals surface area contributed by atoms with Gasteiger partial charge in [-0.05, 0) is 29.3 Å². The second-order valence-corrected chi connectivity index (χ2v) is 5.12. The Bertz CT molecular complexity index is 800. The number of aromatic nitrogens is 4. The van der Waals surface area contributed by atoms with E-state index in [9.17, 15) is 4.79 Å². The van der Waals surface area contributed by atoms with Gasteiger partial charge in [0.1, 0.15) is 5.82 Å². The Kier molecular flexibility index (Phi) is 4.81. The number of benzene rings is 1. The van der Waals surface area contributed by atoms with Crippen LogP contribution < -0.4 is 5.32 Å². The molecule has 0 saturated heterocycles. The average molecular weight is 323 g/mol. The predicted molar refractivity (Wildman–Crippen MR) is 88.5 cm³/mol. The minimum absolute atomic E-state index is 0.183. The highest BCUT2D eigenvalue weighted by Crippen LogP contribution is 2.13. The number of anilines is 1. The van der Waals surface area contributed by atoms with Gasteiger partial charge >= 0.3 is 5.97 Å². The number of rotatable bonds is 6. The van der Waals surface area contributed by atoms with Gasteiger partial charge in [-0.2, -0.15) is 5.10 Å². The maximum absolute atomic E-state index is 11.3. The number of hydrogen-bond acceptors (Lipinski definition) is 6. The summed E-state index contributed by atoms with van der Waals surface area (Å²) in [7, 11) is 1.31. The van der Waals surface area contributed by atoms with Crippen molar-refractivity contribution >= 4 is 11.8 Å². The van der Waals surface area contributed by atoms with Crippen LogP contribution in [-0.2, 0) is 17.8 Å². The lowest BCUT2D eigenvalue weighted by molar-refractivity contribution is 0.0593. The fourth-order valence-corrected chi connectivity index (χ4v) is 2.28. The van der Waals surface area contributed by atoms with Gasteiger partial charge in [0.2, 0.25) is 0 Å². The van der Waals surface area contributed by atoms with Crippen molar-refractivity contribution in [2.24, 2.45) is 0 Å². The molecule has 0 fully saturated rings. The van der Waals surface area contributed by atoms with Gasteiger partial charge in [-0.3, -0.25) is 4.68 Å². The highest BCUT2D eigenvalue weighted by atomic mass is 16.5. The van der Waals surface area contributed by atoms with E-state index in [1.165, 1.54) is 12.7 Å². The summed E-state index contributed by atoms with van der Waals surface area (Å²) in [5.74, 6) is 0.0927. The minimum atomic E-state index is -0.501. The zero-order valence-electron chi connectivity index (χ0n) is 13.2. The normalized spacial score (nSPS) is 10.4. The molecule has 3 aromatic rings. The van der Waals surface area contributed by atoms with Crippen LogP contribution in [0.3, 0.4) is 0 Å². The fourth-order valence-electron chi connectivity index (χ4n) is 2.28. The first-order chi connectivity index (χ1) is 11.8. The number of nitrogens with zero attached hydrogens (tertiary/aromatic N) is 4. The van der Waals surface area contributed by atoms with Crippen LogP contribution in [0.2, 0.25) is 0 Å². The smallest absolute Gasteiger partial charge is 0.358 e. The van der Waals surface area contributed by atoms with Crippen molar-refractivity contribution in [3.63, 3.8) is 0 Å². The maximum atomic E-state index is 11.3. The van der Waals surface area contributed by atoms with E-state index in [1.54, 1.807) is 18.3 Å². The van der Waals surface area contributed by atoms with Gasteiger partial charge in [0, 0.05) is 18.9 Å². The van der Waals surface area contributed by atoms with Crippen molar-refractivity contribution in [2.75, 3.05) is 12.4 Å². The molecule has 0 aliphatic rings. The molecular formula is C17H17N5O2. The monoisotopic (exact) mass is 323 g/mol. The summed E-state index contributed by atoms with van der Waals surface area (Å²) < 4.78 is 6.48. The molecule has 0 amide bonds. The Morgan fingerprint density at radius 3 is 2.62 bits per heavy atom. The number of hydrogen-bond donors (Lipinski definition) is 1. The molecule has 0 saturated carbocycles. The standard InChI is InChI=1S/C17H17N5O2/c1-24-17(23)15-7-8-16(21-20-15)18-11-13-5-2-3-6-14(13)12-22-10-4-9-19-22/h2-10H,11-12H2,1H3,(H,18,21). The van der Waals surface area contributed by atoms with Gasteiger partial charge in [0.15, 0.2) is 5.69 Å². The zero-order chi connectivity index (χ0) is 16.8. The van der Waals surface area contributed by atoms with Crippen LogP contribution in [0.15, 0.2) is 54.9 Å². The van der Waals surface area contributed by atoms with Crippen molar-refractivity contribution in [3.8, 4) is 0 Å². The van der Waals surface area contributed by atoms with Crippen LogP contribution in [0.1, 0.15) is 21.6 Å². The van der Waals surface area contributed by atoms with Crippen molar-refractivity contribution in [3.05, 3.63) is 71.7 Å². The number of nitrogens with one attached hydrogen (secondary N) is 1. The average Bonchev–Trinajstić information content (AvgIpc) is 3.14. The molecule has 0 atom stereocenters. The quantitative estimate of drug-likeness (QED) is 0.700. The predicted octanol–water partition coefficient (Wildman–Crippen LogP) is 2.12. The van der Waals surface area contributed by atoms with Crippen LogP contribution in [0.25, 0.3) is 0 Å². The lowest BCUT2D eigenvalue weighted by Crippen LogP contribution is -2.10. The van der Waals surface area contributed by atoms with Crippen LogP contribution in [-0.4, -0.2) is 33.1 Å². The van der Waals surface area contributed by atoms with E-state index in [2.05, 4.69) is 37.5 Å². The van der Waals surface area contributed by atoms with Crippen molar-refractivity contribution in [1.29, 1.82) is 0 Å². The lowest BCUT2D eigenvalue weighted by atomic mass is 10.1. The van der Waals surface area contributed by atoms with E-state index in [0.717, 1.165) is 5.56 Å². The molecular weight excluding hydrogens is 306 g/mol. The summed E-state index contributed by atoms with van der Waals surface area (Å²) in [5, 5.41) is 15.3. The van der Waals surface area contributed by atoms with E-state index < -0.39 is 5.97 Å².